The van der Waals surface area contributed by atoms with E-state index in [4.69, 9.17) is 4.98 Å². The van der Waals surface area contributed by atoms with Gasteiger partial charge in [-0.25, -0.2) is 4.98 Å². The Morgan fingerprint density at radius 2 is 2.10 bits per heavy atom. The molecule has 1 aliphatic rings. The van der Waals surface area contributed by atoms with Crippen LogP contribution in [-0.4, -0.2) is 16.1 Å². The van der Waals surface area contributed by atoms with Crippen LogP contribution in [0.15, 0.2) is 4.79 Å². The molecule has 2 aromatic rings. The van der Waals surface area contributed by atoms with E-state index >= 15 is 0 Å². The SMILES string of the molecule is CCCn1c(NCC)nc2sc3c(c2c1=O)CCCC3. The summed E-state index contributed by atoms with van der Waals surface area (Å²) in [5.41, 5.74) is 1.42. The summed E-state index contributed by atoms with van der Waals surface area (Å²) in [6.45, 7) is 5.64. The minimum Gasteiger partial charge on any atom is -0.356 e. The first kappa shape index (κ1) is 13.6. The molecule has 0 bridgehead atoms. The number of rotatable bonds is 4. The normalized spacial score (nSPS) is 14.5. The summed E-state index contributed by atoms with van der Waals surface area (Å²) >= 11 is 1.72. The van der Waals surface area contributed by atoms with Crippen molar-refractivity contribution in [2.45, 2.75) is 52.5 Å². The molecule has 0 unspecified atom stereocenters. The van der Waals surface area contributed by atoms with Gasteiger partial charge in [0.1, 0.15) is 4.83 Å². The van der Waals surface area contributed by atoms with Gasteiger partial charge >= 0.3 is 0 Å². The third-order valence-electron chi connectivity index (χ3n) is 3.86. The summed E-state index contributed by atoms with van der Waals surface area (Å²) in [5.74, 6) is 0.727. The van der Waals surface area contributed by atoms with E-state index in [1.807, 2.05) is 11.5 Å². The van der Waals surface area contributed by atoms with Gasteiger partial charge in [-0.15, -0.1) is 11.3 Å². The summed E-state index contributed by atoms with van der Waals surface area (Å²) in [5, 5.41) is 4.12. The van der Waals surface area contributed by atoms with Gasteiger partial charge in [0.05, 0.1) is 5.39 Å². The largest absolute Gasteiger partial charge is 0.356 e. The maximum Gasteiger partial charge on any atom is 0.263 e. The molecule has 2 heterocycles. The number of aryl methyl sites for hydroxylation is 2. The number of nitrogens with one attached hydrogen (secondary N) is 1. The van der Waals surface area contributed by atoms with Crippen LogP contribution in [0, 0.1) is 0 Å². The average Bonchev–Trinajstić information content (AvgIpc) is 2.81. The van der Waals surface area contributed by atoms with Crippen LogP contribution >= 0.6 is 11.3 Å². The van der Waals surface area contributed by atoms with Gasteiger partial charge < -0.3 is 5.32 Å². The van der Waals surface area contributed by atoms with Crippen molar-refractivity contribution >= 4 is 27.5 Å². The molecular formula is C15H21N3OS. The Hall–Kier alpha value is -1.36. The first-order valence-corrected chi connectivity index (χ1v) is 8.36. The van der Waals surface area contributed by atoms with Crippen molar-refractivity contribution in [3.05, 3.63) is 20.8 Å². The lowest BCUT2D eigenvalue weighted by Gasteiger charge is -2.13. The highest BCUT2D eigenvalue weighted by atomic mass is 32.1. The number of nitrogens with zero attached hydrogens (tertiary/aromatic N) is 2. The summed E-state index contributed by atoms with van der Waals surface area (Å²) < 4.78 is 1.81. The summed E-state index contributed by atoms with van der Waals surface area (Å²) in [6.07, 6.45) is 5.53. The van der Waals surface area contributed by atoms with Crippen molar-refractivity contribution in [3.8, 4) is 0 Å². The molecule has 0 radical (unpaired) electrons. The molecular weight excluding hydrogens is 270 g/mol. The monoisotopic (exact) mass is 291 g/mol. The van der Waals surface area contributed by atoms with Gasteiger partial charge in [0.25, 0.3) is 5.56 Å². The van der Waals surface area contributed by atoms with Crippen molar-refractivity contribution in [2.24, 2.45) is 0 Å². The molecule has 5 heteroatoms. The van der Waals surface area contributed by atoms with Crippen LogP contribution in [0.3, 0.4) is 0 Å². The zero-order valence-corrected chi connectivity index (χ0v) is 13.0. The highest BCUT2D eigenvalue weighted by molar-refractivity contribution is 7.18. The van der Waals surface area contributed by atoms with Crippen molar-refractivity contribution in [2.75, 3.05) is 11.9 Å². The Bertz CT molecular complexity index is 686. The highest BCUT2D eigenvalue weighted by Gasteiger charge is 2.21. The Morgan fingerprint density at radius 3 is 2.85 bits per heavy atom. The quantitative estimate of drug-likeness (QED) is 0.941. The second kappa shape index (κ2) is 5.56. The van der Waals surface area contributed by atoms with Crippen LogP contribution in [-0.2, 0) is 19.4 Å². The van der Waals surface area contributed by atoms with E-state index in [2.05, 4.69) is 12.2 Å². The molecule has 1 aliphatic carbocycles. The third kappa shape index (κ3) is 2.14. The van der Waals surface area contributed by atoms with E-state index in [9.17, 15) is 4.79 Å². The molecule has 2 aromatic heterocycles. The smallest absolute Gasteiger partial charge is 0.263 e. The van der Waals surface area contributed by atoms with Crippen LogP contribution < -0.4 is 10.9 Å². The molecule has 108 valence electrons. The summed E-state index contributed by atoms with van der Waals surface area (Å²) in [4.78, 5) is 19.9. The van der Waals surface area contributed by atoms with Crippen molar-refractivity contribution in [1.82, 2.24) is 9.55 Å². The maximum atomic E-state index is 12.8. The number of aromatic nitrogens is 2. The molecule has 3 rings (SSSR count). The van der Waals surface area contributed by atoms with Crippen molar-refractivity contribution in [1.29, 1.82) is 0 Å². The zero-order chi connectivity index (χ0) is 14.1. The van der Waals surface area contributed by atoms with Crippen LogP contribution in [0.1, 0.15) is 43.6 Å². The van der Waals surface area contributed by atoms with Crippen LogP contribution in [0.5, 0.6) is 0 Å². The minimum atomic E-state index is 0.146. The van der Waals surface area contributed by atoms with Crippen LogP contribution in [0.4, 0.5) is 5.95 Å². The fraction of sp³-hybridized carbons (Fsp3) is 0.600. The van der Waals surface area contributed by atoms with E-state index in [1.165, 1.54) is 23.3 Å². The van der Waals surface area contributed by atoms with E-state index in [0.717, 1.165) is 48.5 Å². The number of anilines is 1. The van der Waals surface area contributed by atoms with E-state index in [0.29, 0.717) is 0 Å². The number of hydrogen-bond donors (Lipinski definition) is 1. The molecule has 0 saturated heterocycles. The molecule has 0 saturated carbocycles. The van der Waals surface area contributed by atoms with Crippen molar-refractivity contribution < 1.29 is 0 Å². The first-order valence-electron chi connectivity index (χ1n) is 7.55. The molecule has 0 amide bonds. The van der Waals surface area contributed by atoms with Gasteiger partial charge in [0.15, 0.2) is 0 Å². The Balaban J connectivity index is 2.26. The second-order valence-electron chi connectivity index (χ2n) is 5.31. The lowest BCUT2D eigenvalue weighted by molar-refractivity contribution is 0.652. The highest BCUT2D eigenvalue weighted by Crippen LogP contribution is 2.34. The van der Waals surface area contributed by atoms with Gasteiger partial charge in [-0.05, 0) is 44.6 Å². The Morgan fingerprint density at radius 1 is 1.30 bits per heavy atom. The number of fused-ring (bicyclic) bond motifs is 3. The van der Waals surface area contributed by atoms with Crippen LogP contribution in [0.25, 0.3) is 10.2 Å². The molecule has 1 N–H and O–H groups in total. The second-order valence-corrected chi connectivity index (χ2v) is 6.40. The topological polar surface area (TPSA) is 46.9 Å². The fourth-order valence-electron chi connectivity index (χ4n) is 2.96. The lowest BCUT2D eigenvalue weighted by atomic mass is 9.97. The predicted molar refractivity (Wildman–Crippen MR) is 85.0 cm³/mol. The van der Waals surface area contributed by atoms with Gasteiger partial charge in [0.2, 0.25) is 5.95 Å². The Kier molecular flexibility index (Phi) is 3.78. The molecule has 4 nitrogen and oxygen atoms in total. The zero-order valence-electron chi connectivity index (χ0n) is 12.2. The van der Waals surface area contributed by atoms with Crippen LogP contribution in [0.2, 0.25) is 0 Å². The van der Waals surface area contributed by atoms with Gasteiger partial charge in [-0.2, -0.15) is 0 Å². The summed E-state index contributed by atoms with van der Waals surface area (Å²) in [6, 6.07) is 0. The van der Waals surface area contributed by atoms with E-state index < -0.39 is 0 Å². The summed E-state index contributed by atoms with van der Waals surface area (Å²) in [7, 11) is 0. The van der Waals surface area contributed by atoms with Crippen molar-refractivity contribution in [3.63, 3.8) is 0 Å². The van der Waals surface area contributed by atoms with Gasteiger partial charge in [-0.1, -0.05) is 6.92 Å². The van der Waals surface area contributed by atoms with E-state index in [1.54, 1.807) is 11.3 Å². The third-order valence-corrected chi connectivity index (χ3v) is 5.04. The molecule has 20 heavy (non-hydrogen) atoms. The van der Waals surface area contributed by atoms with Gasteiger partial charge in [0, 0.05) is 18.0 Å². The Labute approximate surface area is 122 Å². The molecule has 0 spiro atoms. The van der Waals surface area contributed by atoms with Gasteiger partial charge in [-0.3, -0.25) is 9.36 Å². The number of thiophene rings is 1. The molecule has 0 aliphatic heterocycles. The maximum absolute atomic E-state index is 12.8. The molecule has 0 atom stereocenters. The minimum absolute atomic E-state index is 0.146. The predicted octanol–water partition coefficient (Wildman–Crippen LogP) is 3.18. The molecule has 0 aromatic carbocycles. The lowest BCUT2D eigenvalue weighted by Crippen LogP contribution is -2.25. The van der Waals surface area contributed by atoms with E-state index in [-0.39, 0.29) is 5.56 Å². The fourth-order valence-corrected chi connectivity index (χ4v) is 4.21. The molecule has 0 fully saturated rings. The number of hydrogen-bond acceptors (Lipinski definition) is 4. The standard InChI is InChI=1S/C15H21N3OS/c1-3-9-18-14(19)12-10-7-5-6-8-11(10)20-13(12)17-15(18)16-4-2/h3-9H2,1-2H3,(H,16,17). The first-order chi connectivity index (χ1) is 9.76. The average molecular weight is 291 g/mol.